The van der Waals surface area contributed by atoms with Gasteiger partial charge in [0, 0.05) is 5.56 Å². The van der Waals surface area contributed by atoms with Crippen molar-refractivity contribution in [2.45, 2.75) is 40.0 Å². The number of hydrazone groups is 1. The van der Waals surface area contributed by atoms with E-state index in [9.17, 15) is 4.79 Å². The highest BCUT2D eigenvalue weighted by Gasteiger charge is 2.14. The molecule has 0 fully saturated rings. The average molecular weight is 308 g/mol. The fourth-order valence-corrected chi connectivity index (χ4v) is 2.26. The number of hydrogen-bond donors (Lipinski definition) is 1. The zero-order valence-electron chi connectivity index (χ0n) is 14.5. The third-order valence-corrected chi connectivity index (χ3v) is 3.77. The lowest BCUT2D eigenvalue weighted by Crippen LogP contribution is -2.20. The second kappa shape index (κ2) is 6.78. The third-order valence-electron chi connectivity index (χ3n) is 3.77. The van der Waals surface area contributed by atoms with E-state index in [-0.39, 0.29) is 11.3 Å². The van der Waals surface area contributed by atoms with Crippen molar-refractivity contribution in [2.24, 2.45) is 5.10 Å². The summed E-state index contributed by atoms with van der Waals surface area (Å²) < 4.78 is 0. The largest absolute Gasteiger partial charge is 0.271 e. The summed E-state index contributed by atoms with van der Waals surface area (Å²) in [6.45, 7) is 10.4. The summed E-state index contributed by atoms with van der Waals surface area (Å²) in [5.41, 5.74) is 7.48. The molecular formula is C20H24N2O. The molecule has 1 amide bonds. The summed E-state index contributed by atoms with van der Waals surface area (Å²) in [7, 11) is 0. The van der Waals surface area contributed by atoms with Gasteiger partial charge >= 0.3 is 0 Å². The van der Waals surface area contributed by atoms with E-state index >= 15 is 0 Å². The molecule has 0 heterocycles. The van der Waals surface area contributed by atoms with Gasteiger partial charge in [-0.3, -0.25) is 4.79 Å². The molecule has 0 aliphatic rings. The number of benzene rings is 2. The molecule has 0 aliphatic carbocycles. The van der Waals surface area contributed by atoms with Gasteiger partial charge in [0.05, 0.1) is 5.71 Å². The van der Waals surface area contributed by atoms with Crippen LogP contribution in [0, 0.1) is 6.92 Å². The predicted octanol–water partition coefficient (Wildman–Crippen LogP) is 4.45. The first-order valence-electron chi connectivity index (χ1n) is 7.79. The van der Waals surface area contributed by atoms with Crippen LogP contribution in [0.2, 0.25) is 0 Å². The zero-order valence-corrected chi connectivity index (χ0v) is 14.5. The van der Waals surface area contributed by atoms with Crippen molar-refractivity contribution in [3.8, 4) is 0 Å². The maximum atomic E-state index is 12.2. The van der Waals surface area contributed by atoms with Crippen molar-refractivity contribution >= 4 is 11.6 Å². The molecule has 0 saturated heterocycles. The second-order valence-electron chi connectivity index (χ2n) is 6.83. The van der Waals surface area contributed by atoms with Crippen molar-refractivity contribution < 1.29 is 4.79 Å². The van der Waals surface area contributed by atoms with Crippen molar-refractivity contribution in [3.63, 3.8) is 0 Å². The molecular weight excluding hydrogens is 284 g/mol. The molecule has 0 unspecified atom stereocenters. The van der Waals surface area contributed by atoms with Crippen molar-refractivity contribution in [2.75, 3.05) is 0 Å². The molecule has 0 atom stereocenters. The van der Waals surface area contributed by atoms with Crippen LogP contribution in [0.5, 0.6) is 0 Å². The van der Waals surface area contributed by atoms with Crippen LogP contribution in [0.15, 0.2) is 53.6 Å². The molecule has 3 nitrogen and oxygen atoms in total. The monoisotopic (exact) mass is 308 g/mol. The van der Waals surface area contributed by atoms with Gasteiger partial charge in [-0.2, -0.15) is 5.10 Å². The molecule has 0 aliphatic heterocycles. The van der Waals surface area contributed by atoms with Gasteiger partial charge < -0.3 is 0 Å². The standard InChI is InChI=1S/C20H24N2O/c1-14-7-6-8-17(13-14)15(2)21-22-19(23)16-9-11-18(12-10-16)20(3,4)5/h6-13H,1-5H3,(H,22,23)/b21-15+. The van der Waals surface area contributed by atoms with Gasteiger partial charge in [-0.1, -0.05) is 62.7 Å². The number of aryl methyl sites for hydroxylation is 1. The molecule has 0 aromatic heterocycles. The summed E-state index contributed by atoms with van der Waals surface area (Å²) in [5, 5.41) is 4.20. The molecule has 2 aromatic carbocycles. The molecule has 2 rings (SSSR count). The van der Waals surface area contributed by atoms with Gasteiger partial charge in [0.25, 0.3) is 5.91 Å². The van der Waals surface area contributed by atoms with Gasteiger partial charge in [0.2, 0.25) is 0 Å². The van der Waals surface area contributed by atoms with Crippen LogP contribution in [-0.4, -0.2) is 11.6 Å². The highest BCUT2D eigenvalue weighted by Crippen LogP contribution is 2.22. The number of amides is 1. The molecule has 0 spiro atoms. The quantitative estimate of drug-likeness (QED) is 0.660. The highest BCUT2D eigenvalue weighted by atomic mass is 16.2. The van der Waals surface area contributed by atoms with Crippen LogP contribution < -0.4 is 5.43 Å². The van der Waals surface area contributed by atoms with E-state index in [1.807, 2.05) is 62.4 Å². The lowest BCUT2D eigenvalue weighted by atomic mass is 9.87. The fraction of sp³-hybridized carbons (Fsp3) is 0.300. The number of carbonyl (C=O) groups excluding carboxylic acids is 1. The van der Waals surface area contributed by atoms with E-state index in [2.05, 4.69) is 31.3 Å². The number of carbonyl (C=O) groups is 1. The Morgan fingerprint density at radius 2 is 1.65 bits per heavy atom. The van der Waals surface area contributed by atoms with Crippen molar-refractivity contribution in [3.05, 3.63) is 70.8 Å². The van der Waals surface area contributed by atoms with Crippen LogP contribution in [0.1, 0.15) is 54.7 Å². The number of nitrogens with zero attached hydrogens (tertiary/aromatic N) is 1. The van der Waals surface area contributed by atoms with Gasteiger partial charge in [-0.15, -0.1) is 0 Å². The SMILES string of the molecule is C/C(=N\NC(=O)c1ccc(C(C)(C)C)cc1)c1cccc(C)c1. The van der Waals surface area contributed by atoms with Crippen LogP contribution in [0.4, 0.5) is 0 Å². The minimum Gasteiger partial charge on any atom is -0.267 e. The number of rotatable bonds is 3. The minimum atomic E-state index is -0.197. The first-order chi connectivity index (χ1) is 10.8. The molecule has 120 valence electrons. The van der Waals surface area contributed by atoms with Crippen LogP contribution >= 0.6 is 0 Å². The Kier molecular flexibility index (Phi) is 4.99. The van der Waals surface area contributed by atoms with E-state index < -0.39 is 0 Å². The summed E-state index contributed by atoms with van der Waals surface area (Å²) in [5.74, 6) is -0.197. The molecule has 0 saturated carbocycles. The fourth-order valence-electron chi connectivity index (χ4n) is 2.26. The maximum Gasteiger partial charge on any atom is 0.271 e. The Bertz CT molecular complexity index is 722. The summed E-state index contributed by atoms with van der Waals surface area (Å²) in [6.07, 6.45) is 0. The molecule has 1 N–H and O–H groups in total. The van der Waals surface area contributed by atoms with E-state index in [4.69, 9.17) is 0 Å². The average Bonchev–Trinajstić information content (AvgIpc) is 2.51. The van der Waals surface area contributed by atoms with Crippen molar-refractivity contribution in [1.82, 2.24) is 5.43 Å². The normalized spacial score (nSPS) is 12.1. The van der Waals surface area contributed by atoms with E-state index in [1.165, 1.54) is 11.1 Å². The minimum absolute atomic E-state index is 0.0783. The Morgan fingerprint density at radius 1 is 1.00 bits per heavy atom. The molecule has 3 heteroatoms. The Labute approximate surface area is 138 Å². The second-order valence-corrected chi connectivity index (χ2v) is 6.83. The summed E-state index contributed by atoms with van der Waals surface area (Å²) in [6, 6.07) is 15.7. The summed E-state index contributed by atoms with van der Waals surface area (Å²) in [4.78, 5) is 12.2. The van der Waals surface area contributed by atoms with E-state index in [0.29, 0.717) is 5.56 Å². The van der Waals surface area contributed by atoms with Crippen LogP contribution in [0.3, 0.4) is 0 Å². The Balaban J connectivity index is 2.08. The number of nitrogens with one attached hydrogen (secondary N) is 1. The number of hydrogen-bond acceptors (Lipinski definition) is 2. The predicted molar refractivity (Wildman–Crippen MR) is 96.0 cm³/mol. The topological polar surface area (TPSA) is 41.5 Å². The lowest BCUT2D eigenvalue weighted by molar-refractivity contribution is 0.0955. The van der Waals surface area contributed by atoms with Crippen LogP contribution in [0.25, 0.3) is 0 Å². The first kappa shape index (κ1) is 16.9. The van der Waals surface area contributed by atoms with Gasteiger partial charge in [-0.05, 0) is 42.5 Å². The molecule has 0 bridgehead atoms. The smallest absolute Gasteiger partial charge is 0.267 e. The molecule has 0 radical (unpaired) electrons. The van der Waals surface area contributed by atoms with Gasteiger partial charge in [-0.25, -0.2) is 5.43 Å². The highest BCUT2D eigenvalue weighted by molar-refractivity contribution is 6.00. The van der Waals surface area contributed by atoms with Crippen LogP contribution in [-0.2, 0) is 5.41 Å². The first-order valence-corrected chi connectivity index (χ1v) is 7.79. The van der Waals surface area contributed by atoms with E-state index in [0.717, 1.165) is 11.3 Å². The summed E-state index contributed by atoms with van der Waals surface area (Å²) >= 11 is 0. The molecule has 2 aromatic rings. The van der Waals surface area contributed by atoms with Gasteiger partial charge in [0.1, 0.15) is 0 Å². The van der Waals surface area contributed by atoms with E-state index in [1.54, 1.807) is 0 Å². The van der Waals surface area contributed by atoms with Gasteiger partial charge in [0.15, 0.2) is 0 Å². The van der Waals surface area contributed by atoms with Crippen molar-refractivity contribution in [1.29, 1.82) is 0 Å². The molecule has 23 heavy (non-hydrogen) atoms. The maximum absolute atomic E-state index is 12.2. The Morgan fingerprint density at radius 3 is 2.22 bits per heavy atom. The zero-order chi connectivity index (χ0) is 17.0. The Hall–Kier alpha value is -2.42. The lowest BCUT2D eigenvalue weighted by Gasteiger charge is -2.18. The third kappa shape index (κ3) is 4.52.